The van der Waals surface area contributed by atoms with Gasteiger partial charge in [-0.15, -0.1) is 0 Å². The van der Waals surface area contributed by atoms with Gasteiger partial charge in [-0.2, -0.15) is 5.10 Å². The number of benzene rings is 1. The van der Waals surface area contributed by atoms with E-state index in [1.54, 1.807) is 35.0 Å². The fraction of sp³-hybridized carbons (Fsp3) is 0.143. The Morgan fingerprint density at radius 3 is 2.68 bits per heavy atom. The molecule has 0 bridgehead atoms. The Kier molecular flexibility index (Phi) is 2.87. The van der Waals surface area contributed by atoms with Gasteiger partial charge < -0.3 is 5.73 Å². The van der Waals surface area contributed by atoms with Crippen LogP contribution in [-0.4, -0.2) is 14.6 Å². The van der Waals surface area contributed by atoms with E-state index in [0.29, 0.717) is 12.1 Å². The highest BCUT2D eigenvalue weighted by molar-refractivity contribution is 5.50. The van der Waals surface area contributed by atoms with Gasteiger partial charge in [-0.05, 0) is 30.2 Å². The van der Waals surface area contributed by atoms with Gasteiger partial charge in [0.25, 0.3) is 0 Å². The normalized spacial score (nSPS) is 11.0. The van der Waals surface area contributed by atoms with Gasteiger partial charge in [-0.1, -0.05) is 12.1 Å². The Morgan fingerprint density at radius 2 is 1.89 bits per heavy atom. The molecule has 0 aliphatic carbocycles. The molecule has 2 heterocycles. The maximum Gasteiger partial charge on any atom is 0.157 e. The Labute approximate surface area is 109 Å². The molecule has 0 radical (unpaired) electrons. The number of halogens is 1. The van der Waals surface area contributed by atoms with Crippen molar-refractivity contribution in [2.45, 2.75) is 12.8 Å². The molecule has 4 nitrogen and oxygen atoms in total. The predicted octanol–water partition coefficient (Wildman–Crippen LogP) is 2.24. The van der Waals surface area contributed by atoms with E-state index in [0.717, 1.165) is 23.5 Å². The molecule has 0 saturated heterocycles. The highest BCUT2D eigenvalue weighted by atomic mass is 19.1. The van der Waals surface area contributed by atoms with Crippen LogP contribution in [0.15, 0.2) is 42.6 Å². The number of anilines is 1. The first-order valence-corrected chi connectivity index (χ1v) is 6.06. The lowest BCUT2D eigenvalue weighted by molar-refractivity contribution is 0.627. The van der Waals surface area contributed by atoms with Crippen molar-refractivity contribution in [1.29, 1.82) is 0 Å². The summed E-state index contributed by atoms with van der Waals surface area (Å²) in [6, 6.07) is 10.1. The van der Waals surface area contributed by atoms with Gasteiger partial charge in [-0.25, -0.2) is 13.9 Å². The first-order valence-electron chi connectivity index (χ1n) is 6.06. The molecule has 0 unspecified atom stereocenters. The van der Waals surface area contributed by atoms with Crippen LogP contribution < -0.4 is 5.73 Å². The monoisotopic (exact) mass is 256 g/mol. The Bertz CT molecular complexity index is 703. The minimum atomic E-state index is -0.218. The van der Waals surface area contributed by atoms with Crippen LogP contribution in [0.25, 0.3) is 5.65 Å². The summed E-state index contributed by atoms with van der Waals surface area (Å²) in [6.45, 7) is 0. The number of hydrogen-bond donors (Lipinski definition) is 1. The molecule has 0 spiro atoms. The number of nitrogens with two attached hydrogens (primary N) is 1. The number of nitrogen functional groups attached to an aromatic ring is 1. The second-order valence-electron chi connectivity index (χ2n) is 4.42. The molecule has 2 aromatic heterocycles. The smallest absolute Gasteiger partial charge is 0.157 e. The summed E-state index contributed by atoms with van der Waals surface area (Å²) < 4.78 is 14.5. The fourth-order valence-electron chi connectivity index (χ4n) is 1.96. The van der Waals surface area contributed by atoms with E-state index in [9.17, 15) is 4.39 Å². The molecule has 0 fully saturated rings. The predicted molar refractivity (Wildman–Crippen MR) is 71.2 cm³/mol. The van der Waals surface area contributed by atoms with Crippen molar-refractivity contribution in [3.63, 3.8) is 0 Å². The second-order valence-corrected chi connectivity index (χ2v) is 4.42. The summed E-state index contributed by atoms with van der Waals surface area (Å²) in [6.07, 6.45) is 3.29. The van der Waals surface area contributed by atoms with E-state index < -0.39 is 0 Å². The molecule has 0 atom stereocenters. The van der Waals surface area contributed by atoms with Gasteiger partial charge in [-0.3, -0.25) is 0 Å². The standard InChI is InChI=1S/C14H13FN4/c15-11-4-1-10(2-5-11)3-6-13-17-14-9-12(16)7-8-19(14)18-13/h1-2,4-5,7-9H,3,6,16H2. The molecule has 96 valence electrons. The third kappa shape index (κ3) is 2.54. The number of aryl methyl sites for hydroxylation is 2. The molecule has 5 heteroatoms. The summed E-state index contributed by atoms with van der Waals surface area (Å²) >= 11 is 0. The number of aromatic nitrogens is 3. The van der Waals surface area contributed by atoms with Crippen molar-refractivity contribution >= 4 is 11.3 Å². The third-order valence-corrected chi connectivity index (χ3v) is 2.96. The van der Waals surface area contributed by atoms with E-state index in [1.807, 2.05) is 0 Å². The van der Waals surface area contributed by atoms with Crippen LogP contribution in [0.3, 0.4) is 0 Å². The average molecular weight is 256 g/mol. The zero-order chi connectivity index (χ0) is 13.2. The molecule has 2 N–H and O–H groups in total. The van der Waals surface area contributed by atoms with Gasteiger partial charge in [0.15, 0.2) is 11.5 Å². The summed E-state index contributed by atoms with van der Waals surface area (Å²) in [5.74, 6) is 0.542. The van der Waals surface area contributed by atoms with Crippen LogP contribution in [0.5, 0.6) is 0 Å². The van der Waals surface area contributed by atoms with E-state index in [4.69, 9.17) is 5.73 Å². The number of hydrogen-bond acceptors (Lipinski definition) is 3. The van der Waals surface area contributed by atoms with Gasteiger partial charge >= 0.3 is 0 Å². The van der Waals surface area contributed by atoms with Crippen LogP contribution in [0, 0.1) is 5.82 Å². The first kappa shape index (κ1) is 11.6. The SMILES string of the molecule is Nc1ccn2nc(CCc3ccc(F)cc3)nc2c1. The van der Waals surface area contributed by atoms with E-state index >= 15 is 0 Å². The molecule has 0 aliphatic heterocycles. The molecule has 1 aromatic carbocycles. The fourth-order valence-corrected chi connectivity index (χ4v) is 1.96. The van der Waals surface area contributed by atoms with Crippen LogP contribution in [0.2, 0.25) is 0 Å². The lowest BCUT2D eigenvalue weighted by Gasteiger charge is -1.97. The number of pyridine rings is 1. The van der Waals surface area contributed by atoms with Crippen LogP contribution in [0.4, 0.5) is 10.1 Å². The minimum Gasteiger partial charge on any atom is -0.399 e. The minimum absolute atomic E-state index is 0.218. The molecule has 3 aromatic rings. The highest BCUT2D eigenvalue weighted by Crippen LogP contribution is 2.09. The zero-order valence-electron chi connectivity index (χ0n) is 10.3. The van der Waals surface area contributed by atoms with Crippen molar-refractivity contribution in [2.75, 3.05) is 5.73 Å². The number of fused-ring (bicyclic) bond motifs is 1. The van der Waals surface area contributed by atoms with Gasteiger partial charge in [0, 0.05) is 24.4 Å². The van der Waals surface area contributed by atoms with Gasteiger partial charge in [0.1, 0.15) is 5.82 Å². The summed E-state index contributed by atoms with van der Waals surface area (Å²) in [7, 11) is 0. The molecular weight excluding hydrogens is 243 g/mol. The van der Waals surface area contributed by atoms with Crippen LogP contribution in [0.1, 0.15) is 11.4 Å². The quantitative estimate of drug-likeness (QED) is 0.781. The first-order chi connectivity index (χ1) is 9.20. The topological polar surface area (TPSA) is 56.2 Å². The lowest BCUT2D eigenvalue weighted by Crippen LogP contribution is -1.94. The van der Waals surface area contributed by atoms with Gasteiger partial charge in [0.2, 0.25) is 0 Å². The molecule has 19 heavy (non-hydrogen) atoms. The number of rotatable bonds is 3. The molecule has 3 rings (SSSR count). The lowest BCUT2D eigenvalue weighted by atomic mass is 10.1. The molecular formula is C14H13FN4. The molecule has 0 saturated carbocycles. The molecule has 0 amide bonds. The maximum absolute atomic E-state index is 12.8. The highest BCUT2D eigenvalue weighted by Gasteiger charge is 2.04. The maximum atomic E-state index is 12.8. The van der Waals surface area contributed by atoms with Crippen LogP contribution >= 0.6 is 0 Å². The Balaban J connectivity index is 1.76. The largest absolute Gasteiger partial charge is 0.399 e. The average Bonchev–Trinajstić information content (AvgIpc) is 2.80. The van der Waals surface area contributed by atoms with E-state index in [1.165, 1.54) is 12.1 Å². The Hall–Kier alpha value is -2.43. The summed E-state index contributed by atoms with van der Waals surface area (Å²) in [4.78, 5) is 4.40. The van der Waals surface area contributed by atoms with Crippen molar-refractivity contribution in [2.24, 2.45) is 0 Å². The third-order valence-electron chi connectivity index (χ3n) is 2.96. The Morgan fingerprint density at radius 1 is 1.11 bits per heavy atom. The van der Waals surface area contributed by atoms with Crippen molar-refractivity contribution in [3.8, 4) is 0 Å². The van der Waals surface area contributed by atoms with Gasteiger partial charge in [0.05, 0.1) is 0 Å². The van der Waals surface area contributed by atoms with E-state index in [-0.39, 0.29) is 5.82 Å². The van der Waals surface area contributed by atoms with E-state index in [2.05, 4.69) is 10.1 Å². The number of nitrogens with zero attached hydrogens (tertiary/aromatic N) is 3. The van der Waals surface area contributed by atoms with Crippen LogP contribution in [-0.2, 0) is 12.8 Å². The van der Waals surface area contributed by atoms with Crippen molar-refractivity contribution in [3.05, 3.63) is 59.8 Å². The zero-order valence-corrected chi connectivity index (χ0v) is 10.3. The summed E-state index contributed by atoms with van der Waals surface area (Å²) in [5.41, 5.74) is 8.18. The van der Waals surface area contributed by atoms with Crippen molar-refractivity contribution in [1.82, 2.24) is 14.6 Å². The summed E-state index contributed by atoms with van der Waals surface area (Å²) in [5, 5.41) is 4.36. The molecule has 0 aliphatic rings. The van der Waals surface area contributed by atoms with Crippen molar-refractivity contribution < 1.29 is 4.39 Å². The second kappa shape index (κ2) is 4.68.